The molecule has 0 aliphatic heterocycles. The number of imidazole rings is 1. The predicted molar refractivity (Wildman–Crippen MR) is 73.9 cm³/mol. The van der Waals surface area contributed by atoms with Gasteiger partial charge in [0, 0.05) is 18.7 Å². The molecule has 0 atom stereocenters. The van der Waals surface area contributed by atoms with E-state index in [0.717, 1.165) is 11.6 Å². The Bertz CT molecular complexity index is 406. The summed E-state index contributed by atoms with van der Waals surface area (Å²) in [6, 6.07) is 0.597. The van der Waals surface area contributed by atoms with E-state index in [2.05, 4.69) is 22.7 Å². The van der Waals surface area contributed by atoms with Crippen LogP contribution in [0.5, 0.6) is 0 Å². The van der Waals surface area contributed by atoms with Gasteiger partial charge in [0.1, 0.15) is 0 Å². The van der Waals surface area contributed by atoms with Crippen molar-refractivity contribution in [1.82, 2.24) is 9.55 Å². The molecule has 0 unspecified atom stereocenters. The SMILES string of the molecule is CCOC(=O)CCc1cn([C@H]2CC[C@H](C)CC2)cn1. The molecular weight excluding hydrogens is 240 g/mol. The second-order valence-electron chi connectivity index (χ2n) is 5.53. The van der Waals surface area contributed by atoms with E-state index in [4.69, 9.17) is 4.74 Å². The second kappa shape index (κ2) is 6.73. The second-order valence-corrected chi connectivity index (χ2v) is 5.53. The molecule has 0 amide bonds. The fraction of sp³-hybridized carbons (Fsp3) is 0.733. The third kappa shape index (κ3) is 4.08. The predicted octanol–water partition coefficient (Wildman–Crippen LogP) is 3.13. The number of ether oxygens (including phenoxy) is 1. The van der Waals surface area contributed by atoms with Crippen LogP contribution in [0.25, 0.3) is 0 Å². The Morgan fingerprint density at radius 3 is 2.84 bits per heavy atom. The van der Waals surface area contributed by atoms with Gasteiger partial charge in [-0.25, -0.2) is 4.98 Å². The molecule has 106 valence electrons. The van der Waals surface area contributed by atoms with Crippen LogP contribution < -0.4 is 0 Å². The molecule has 0 bridgehead atoms. The van der Waals surface area contributed by atoms with Crippen molar-refractivity contribution in [2.24, 2.45) is 5.92 Å². The van der Waals surface area contributed by atoms with Crippen LogP contribution in [0.2, 0.25) is 0 Å². The van der Waals surface area contributed by atoms with Crippen LogP contribution in [0.3, 0.4) is 0 Å². The highest BCUT2D eigenvalue weighted by atomic mass is 16.5. The summed E-state index contributed by atoms with van der Waals surface area (Å²) in [4.78, 5) is 15.7. The number of aryl methyl sites for hydroxylation is 1. The highest BCUT2D eigenvalue weighted by Crippen LogP contribution is 2.31. The zero-order valence-corrected chi connectivity index (χ0v) is 12.0. The molecule has 2 rings (SSSR count). The minimum absolute atomic E-state index is 0.136. The third-order valence-electron chi connectivity index (χ3n) is 3.95. The van der Waals surface area contributed by atoms with Crippen LogP contribution in [0.4, 0.5) is 0 Å². The van der Waals surface area contributed by atoms with Crippen molar-refractivity contribution >= 4 is 5.97 Å². The molecule has 19 heavy (non-hydrogen) atoms. The standard InChI is InChI=1S/C15H24N2O2/c1-3-19-15(18)9-6-13-10-17(11-16-13)14-7-4-12(2)5-8-14/h10-12,14H,3-9H2,1-2H3/t12-,14-. The van der Waals surface area contributed by atoms with Crippen LogP contribution in [0.1, 0.15) is 57.7 Å². The number of aromatic nitrogens is 2. The molecule has 0 spiro atoms. The van der Waals surface area contributed by atoms with E-state index >= 15 is 0 Å². The molecule has 4 heteroatoms. The molecular formula is C15H24N2O2. The van der Waals surface area contributed by atoms with Gasteiger partial charge in [-0.1, -0.05) is 6.92 Å². The molecule has 1 aliphatic rings. The number of hydrogen-bond donors (Lipinski definition) is 0. The highest BCUT2D eigenvalue weighted by molar-refractivity contribution is 5.69. The Kier molecular flexibility index (Phi) is 5.00. The Labute approximate surface area is 115 Å². The van der Waals surface area contributed by atoms with Crippen LogP contribution in [0.15, 0.2) is 12.5 Å². The maximum absolute atomic E-state index is 11.3. The minimum Gasteiger partial charge on any atom is -0.466 e. The Hall–Kier alpha value is -1.32. The Morgan fingerprint density at radius 2 is 2.16 bits per heavy atom. The van der Waals surface area contributed by atoms with Gasteiger partial charge in [0.2, 0.25) is 0 Å². The fourth-order valence-corrected chi connectivity index (χ4v) is 2.71. The van der Waals surface area contributed by atoms with E-state index < -0.39 is 0 Å². The zero-order valence-electron chi connectivity index (χ0n) is 12.0. The molecule has 1 aromatic heterocycles. The summed E-state index contributed by atoms with van der Waals surface area (Å²) >= 11 is 0. The van der Waals surface area contributed by atoms with E-state index in [1.54, 1.807) is 0 Å². The average molecular weight is 264 g/mol. The molecule has 1 fully saturated rings. The maximum Gasteiger partial charge on any atom is 0.306 e. The lowest BCUT2D eigenvalue weighted by molar-refractivity contribution is -0.143. The summed E-state index contributed by atoms with van der Waals surface area (Å²) in [5.74, 6) is 0.728. The van der Waals surface area contributed by atoms with Gasteiger partial charge in [0.15, 0.2) is 0 Å². The molecule has 1 saturated carbocycles. The van der Waals surface area contributed by atoms with Crippen molar-refractivity contribution < 1.29 is 9.53 Å². The number of carbonyl (C=O) groups is 1. The molecule has 0 saturated heterocycles. The Balaban J connectivity index is 1.83. The minimum atomic E-state index is -0.136. The largest absolute Gasteiger partial charge is 0.466 e. The molecule has 4 nitrogen and oxygen atoms in total. The van der Waals surface area contributed by atoms with Gasteiger partial charge in [-0.15, -0.1) is 0 Å². The topological polar surface area (TPSA) is 44.1 Å². The van der Waals surface area contributed by atoms with Crippen molar-refractivity contribution in [2.75, 3.05) is 6.61 Å². The first-order valence-corrected chi connectivity index (χ1v) is 7.37. The number of carbonyl (C=O) groups excluding carboxylic acids is 1. The lowest BCUT2D eigenvalue weighted by atomic mass is 9.87. The fourth-order valence-electron chi connectivity index (χ4n) is 2.71. The smallest absolute Gasteiger partial charge is 0.306 e. The van der Waals surface area contributed by atoms with Crippen molar-refractivity contribution in [3.8, 4) is 0 Å². The molecule has 0 N–H and O–H groups in total. The first kappa shape index (κ1) is 14.1. The van der Waals surface area contributed by atoms with Crippen molar-refractivity contribution in [3.05, 3.63) is 18.2 Å². The summed E-state index contributed by atoms with van der Waals surface area (Å²) in [5, 5.41) is 0. The van der Waals surface area contributed by atoms with Crippen molar-refractivity contribution in [3.63, 3.8) is 0 Å². The van der Waals surface area contributed by atoms with E-state index in [-0.39, 0.29) is 5.97 Å². The molecule has 1 aromatic rings. The monoisotopic (exact) mass is 264 g/mol. The van der Waals surface area contributed by atoms with Crippen molar-refractivity contribution in [1.29, 1.82) is 0 Å². The number of nitrogens with zero attached hydrogens (tertiary/aromatic N) is 2. The average Bonchev–Trinajstić information content (AvgIpc) is 2.86. The normalized spacial score (nSPS) is 23.3. The van der Waals surface area contributed by atoms with E-state index in [1.807, 2.05) is 13.3 Å². The molecule has 1 heterocycles. The summed E-state index contributed by atoms with van der Waals surface area (Å²) in [6.07, 6.45) is 10.2. The van der Waals surface area contributed by atoms with Gasteiger partial charge in [-0.2, -0.15) is 0 Å². The maximum atomic E-state index is 11.3. The van der Waals surface area contributed by atoms with Gasteiger partial charge < -0.3 is 9.30 Å². The van der Waals surface area contributed by atoms with Gasteiger partial charge in [0.25, 0.3) is 0 Å². The van der Waals surface area contributed by atoms with Gasteiger partial charge in [-0.3, -0.25) is 4.79 Å². The Morgan fingerprint density at radius 1 is 1.42 bits per heavy atom. The van der Waals surface area contributed by atoms with E-state index in [1.165, 1.54) is 25.7 Å². The lowest BCUT2D eigenvalue weighted by Gasteiger charge is -2.26. The first-order valence-electron chi connectivity index (χ1n) is 7.37. The quantitative estimate of drug-likeness (QED) is 0.767. The van der Waals surface area contributed by atoms with Crippen LogP contribution >= 0.6 is 0 Å². The van der Waals surface area contributed by atoms with Crippen molar-refractivity contribution in [2.45, 2.75) is 58.4 Å². The van der Waals surface area contributed by atoms with E-state index in [9.17, 15) is 4.79 Å². The van der Waals surface area contributed by atoms with E-state index in [0.29, 0.717) is 25.5 Å². The van der Waals surface area contributed by atoms with Crippen LogP contribution in [-0.2, 0) is 16.0 Å². The van der Waals surface area contributed by atoms with Crippen LogP contribution in [-0.4, -0.2) is 22.1 Å². The third-order valence-corrected chi connectivity index (χ3v) is 3.95. The highest BCUT2D eigenvalue weighted by Gasteiger charge is 2.19. The molecule has 1 aliphatic carbocycles. The zero-order chi connectivity index (χ0) is 13.7. The first-order chi connectivity index (χ1) is 9.19. The number of rotatable bonds is 5. The van der Waals surface area contributed by atoms with Crippen LogP contribution in [0, 0.1) is 5.92 Å². The van der Waals surface area contributed by atoms with Gasteiger partial charge in [0.05, 0.1) is 25.0 Å². The summed E-state index contributed by atoms with van der Waals surface area (Å²) in [7, 11) is 0. The molecule has 0 radical (unpaired) electrons. The van der Waals surface area contributed by atoms with Gasteiger partial charge >= 0.3 is 5.97 Å². The number of esters is 1. The lowest BCUT2D eigenvalue weighted by Crippen LogP contribution is -2.15. The summed E-state index contributed by atoms with van der Waals surface area (Å²) < 4.78 is 7.15. The van der Waals surface area contributed by atoms with Gasteiger partial charge in [-0.05, 0) is 38.5 Å². The summed E-state index contributed by atoms with van der Waals surface area (Å²) in [6.45, 7) is 4.61. The summed E-state index contributed by atoms with van der Waals surface area (Å²) in [5.41, 5.74) is 0.992. The number of hydrogen-bond acceptors (Lipinski definition) is 3. The molecule has 0 aromatic carbocycles.